The van der Waals surface area contributed by atoms with Crippen molar-refractivity contribution in [2.75, 3.05) is 6.54 Å². The van der Waals surface area contributed by atoms with E-state index in [1.165, 1.54) is 31.5 Å². The maximum absolute atomic E-state index is 5.48. The molecule has 22 heavy (non-hydrogen) atoms. The van der Waals surface area contributed by atoms with Crippen LogP contribution in [0.3, 0.4) is 0 Å². The van der Waals surface area contributed by atoms with Crippen LogP contribution in [0.4, 0.5) is 0 Å². The maximum atomic E-state index is 5.48. The predicted octanol–water partition coefficient (Wildman–Crippen LogP) is 1.99. The summed E-state index contributed by atoms with van der Waals surface area (Å²) in [4.78, 5) is 6.94. The van der Waals surface area contributed by atoms with Gasteiger partial charge in [-0.3, -0.25) is 4.90 Å². The van der Waals surface area contributed by atoms with Gasteiger partial charge in [0.2, 0.25) is 5.89 Å². The van der Waals surface area contributed by atoms with Gasteiger partial charge in [-0.05, 0) is 32.6 Å². The fourth-order valence-corrected chi connectivity index (χ4v) is 3.25. The first kappa shape index (κ1) is 12.8. The summed E-state index contributed by atoms with van der Waals surface area (Å²) in [5.41, 5.74) is 0. The second-order valence-electron chi connectivity index (χ2n) is 6.81. The molecule has 7 nitrogen and oxygen atoms in total. The van der Waals surface area contributed by atoms with Gasteiger partial charge in [0.1, 0.15) is 11.6 Å². The van der Waals surface area contributed by atoms with E-state index in [1.807, 2.05) is 0 Å². The Bertz CT molecular complexity index is 699. The molecule has 2 aromatic heterocycles. The first-order valence-electron chi connectivity index (χ1n) is 8.29. The summed E-state index contributed by atoms with van der Waals surface area (Å²) < 4.78 is 7.79. The zero-order chi connectivity index (χ0) is 14.7. The molecule has 0 aromatic carbocycles. The second-order valence-corrected chi connectivity index (χ2v) is 6.81. The molecule has 2 aliphatic carbocycles. The molecule has 7 heteroatoms. The summed E-state index contributed by atoms with van der Waals surface area (Å²) in [5, 5.41) is 12.9. The Morgan fingerprint density at radius 1 is 1.09 bits per heavy atom. The van der Waals surface area contributed by atoms with Crippen molar-refractivity contribution >= 4 is 0 Å². The molecular weight excluding hydrogens is 280 g/mol. The van der Waals surface area contributed by atoms with Gasteiger partial charge in [0.15, 0.2) is 5.82 Å². The van der Waals surface area contributed by atoms with Crippen LogP contribution in [-0.2, 0) is 13.1 Å². The molecule has 0 spiro atoms. The number of hydrogen-bond donors (Lipinski definition) is 0. The Balaban J connectivity index is 1.34. The molecule has 1 unspecified atom stereocenters. The van der Waals surface area contributed by atoms with Gasteiger partial charge < -0.3 is 9.09 Å². The molecule has 116 valence electrons. The number of rotatable bonds is 4. The van der Waals surface area contributed by atoms with Gasteiger partial charge in [0.25, 0.3) is 0 Å². The molecular formula is C15H20N6O. The molecule has 0 radical (unpaired) electrons. The van der Waals surface area contributed by atoms with Crippen LogP contribution < -0.4 is 0 Å². The standard InChI is InChI=1S/C15H20N6O/c1-9(15-16-13(19-22-15)10-2-3-10)20-6-7-21-12(8-20)17-18-14(21)11-4-5-11/h9-11H,2-8H2,1H3. The Hall–Kier alpha value is -1.76. The first-order valence-corrected chi connectivity index (χ1v) is 8.29. The minimum Gasteiger partial charge on any atom is -0.338 e. The molecule has 2 aromatic rings. The van der Waals surface area contributed by atoms with E-state index < -0.39 is 0 Å². The highest BCUT2D eigenvalue weighted by Gasteiger charge is 2.34. The van der Waals surface area contributed by atoms with Crippen molar-refractivity contribution < 1.29 is 4.52 Å². The van der Waals surface area contributed by atoms with Gasteiger partial charge in [0, 0.05) is 24.9 Å². The van der Waals surface area contributed by atoms with Gasteiger partial charge in [-0.2, -0.15) is 4.98 Å². The van der Waals surface area contributed by atoms with E-state index >= 15 is 0 Å². The Kier molecular flexibility index (Phi) is 2.68. The van der Waals surface area contributed by atoms with Crippen molar-refractivity contribution in [1.82, 2.24) is 29.8 Å². The monoisotopic (exact) mass is 300 g/mol. The highest BCUT2D eigenvalue weighted by Crippen LogP contribution is 2.40. The van der Waals surface area contributed by atoms with Crippen LogP contribution in [0.5, 0.6) is 0 Å². The van der Waals surface area contributed by atoms with Gasteiger partial charge >= 0.3 is 0 Å². The summed E-state index contributed by atoms with van der Waals surface area (Å²) in [7, 11) is 0. The van der Waals surface area contributed by atoms with Crippen LogP contribution in [0.1, 0.15) is 73.8 Å². The largest absolute Gasteiger partial charge is 0.338 e. The average Bonchev–Trinajstić information content (AvgIpc) is 3.48. The zero-order valence-corrected chi connectivity index (χ0v) is 12.8. The van der Waals surface area contributed by atoms with Crippen molar-refractivity contribution in [3.05, 3.63) is 23.4 Å². The molecule has 3 heterocycles. The van der Waals surface area contributed by atoms with Crippen LogP contribution >= 0.6 is 0 Å². The Morgan fingerprint density at radius 3 is 2.68 bits per heavy atom. The van der Waals surface area contributed by atoms with E-state index in [4.69, 9.17) is 4.52 Å². The van der Waals surface area contributed by atoms with Gasteiger partial charge in [-0.25, -0.2) is 0 Å². The third-order valence-corrected chi connectivity index (χ3v) is 5.06. The molecule has 3 aliphatic rings. The maximum Gasteiger partial charge on any atom is 0.243 e. The van der Waals surface area contributed by atoms with Crippen molar-refractivity contribution in [2.24, 2.45) is 0 Å². The molecule has 5 rings (SSSR count). The Labute approximate surface area is 128 Å². The van der Waals surface area contributed by atoms with Crippen LogP contribution in [0.15, 0.2) is 4.52 Å². The molecule has 1 atom stereocenters. The molecule has 2 fully saturated rings. The molecule has 2 saturated carbocycles. The lowest BCUT2D eigenvalue weighted by Crippen LogP contribution is -2.36. The summed E-state index contributed by atoms with van der Waals surface area (Å²) >= 11 is 0. The van der Waals surface area contributed by atoms with Crippen LogP contribution in [0, 0.1) is 0 Å². The summed E-state index contributed by atoms with van der Waals surface area (Å²) in [6.45, 7) is 4.88. The van der Waals surface area contributed by atoms with Gasteiger partial charge in [-0.15, -0.1) is 10.2 Å². The Morgan fingerprint density at radius 2 is 1.91 bits per heavy atom. The van der Waals surface area contributed by atoms with E-state index in [0.29, 0.717) is 11.8 Å². The second kappa shape index (κ2) is 4.62. The summed E-state index contributed by atoms with van der Waals surface area (Å²) in [6, 6.07) is 0.134. The lowest BCUT2D eigenvalue weighted by molar-refractivity contribution is 0.135. The fourth-order valence-electron chi connectivity index (χ4n) is 3.25. The van der Waals surface area contributed by atoms with Crippen molar-refractivity contribution in [1.29, 1.82) is 0 Å². The highest BCUT2D eigenvalue weighted by atomic mass is 16.5. The van der Waals surface area contributed by atoms with Crippen LogP contribution in [-0.4, -0.2) is 36.3 Å². The minimum absolute atomic E-state index is 0.134. The van der Waals surface area contributed by atoms with Crippen molar-refractivity contribution in [2.45, 2.75) is 63.6 Å². The van der Waals surface area contributed by atoms with Crippen LogP contribution in [0.25, 0.3) is 0 Å². The molecule has 0 saturated heterocycles. The smallest absolute Gasteiger partial charge is 0.243 e. The lowest BCUT2D eigenvalue weighted by Gasteiger charge is -2.30. The summed E-state index contributed by atoms with van der Waals surface area (Å²) in [6.07, 6.45) is 4.93. The summed E-state index contributed by atoms with van der Waals surface area (Å²) in [5.74, 6) is 5.07. The SMILES string of the molecule is CC(c1nc(C2CC2)no1)N1CCn2c(nnc2C2CC2)C1. The molecule has 1 aliphatic heterocycles. The van der Waals surface area contributed by atoms with E-state index in [1.54, 1.807) is 0 Å². The predicted molar refractivity (Wildman–Crippen MR) is 77.1 cm³/mol. The van der Waals surface area contributed by atoms with Gasteiger partial charge in [-0.1, -0.05) is 5.16 Å². The number of aromatic nitrogens is 5. The normalized spacial score (nSPS) is 23.5. The van der Waals surface area contributed by atoms with E-state index in [0.717, 1.165) is 37.2 Å². The number of nitrogens with zero attached hydrogens (tertiary/aromatic N) is 6. The van der Waals surface area contributed by atoms with E-state index in [9.17, 15) is 0 Å². The number of fused-ring (bicyclic) bond motifs is 1. The number of hydrogen-bond acceptors (Lipinski definition) is 6. The minimum atomic E-state index is 0.134. The van der Waals surface area contributed by atoms with Crippen molar-refractivity contribution in [3.63, 3.8) is 0 Å². The third kappa shape index (κ3) is 2.06. The van der Waals surface area contributed by atoms with E-state index in [-0.39, 0.29) is 6.04 Å². The van der Waals surface area contributed by atoms with E-state index in [2.05, 4.69) is 36.7 Å². The fraction of sp³-hybridized carbons (Fsp3) is 0.733. The topological polar surface area (TPSA) is 72.9 Å². The molecule has 0 amide bonds. The highest BCUT2D eigenvalue weighted by molar-refractivity contribution is 5.10. The lowest BCUT2D eigenvalue weighted by atomic mass is 10.2. The molecule has 0 N–H and O–H groups in total. The first-order chi connectivity index (χ1) is 10.8. The zero-order valence-electron chi connectivity index (χ0n) is 12.8. The van der Waals surface area contributed by atoms with Gasteiger partial charge in [0.05, 0.1) is 12.6 Å². The molecule has 0 bridgehead atoms. The van der Waals surface area contributed by atoms with Crippen molar-refractivity contribution in [3.8, 4) is 0 Å². The third-order valence-electron chi connectivity index (χ3n) is 5.06. The average molecular weight is 300 g/mol. The van der Waals surface area contributed by atoms with Crippen LogP contribution in [0.2, 0.25) is 0 Å². The quantitative estimate of drug-likeness (QED) is 0.860.